The highest BCUT2D eigenvalue weighted by Crippen LogP contribution is 2.49. The van der Waals surface area contributed by atoms with Crippen molar-refractivity contribution in [3.05, 3.63) is 0 Å². The molecule has 0 aromatic heterocycles. The maximum Gasteiger partial charge on any atom is 0.0583 e. The molecule has 2 fully saturated rings. The molecule has 2 bridgehead atoms. The zero-order valence-electron chi connectivity index (χ0n) is 7.58. The average molecular weight is 169 g/mol. The number of hydrogen-bond donors (Lipinski definition) is 2. The van der Waals surface area contributed by atoms with Gasteiger partial charge in [-0.3, -0.25) is 0 Å². The van der Waals surface area contributed by atoms with Gasteiger partial charge in [0.1, 0.15) is 0 Å². The standard InChI is InChI=1S/C10H19NO/c11-4-3-10(12)9-6-7-1-2-8(9)5-7/h7-10,12H,1-6,11H2/t7?,8?,9?,10-/m0/s1. The normalized spacial score (nSPS) is 42.0. The van der Waals surface area contributed by atoms with Gasteiger partial charge in [-0.2, -0.15) is 0 Å². The molecular formula is C10H19NO. The lowest BCUT2D eigenvalue weighted by Gasteiger charge is -2.26. The van der Waals surface area contributed by atoms with Crippen LogP contribution in [0, 0.1) is 17.8 Å². The van der Waals surface area contributed by atoms with Crippen LogP contribution in [0.3, 0.4) is 0 Å². The van der Waals surface area contributed by atoms with Gasteiger partial charge in [-0.05, 0) is 50.0 Å². The quantitative estimate of drug-likeness (QED) is 0.665. The fourth-order valence-electron chi connectivity index (χ4n) is 3.15. The summed E-state index contributed by atoms with van der Waals surface area (Å²) in [6.45, 7) is 0.634. The molecule has 0 aromatic carbocycles. The number of fused-ring (bicyclic) bond motifs is 2. The molecule has 0 heterocycles. The molecule has 0 aliphatic heterocycles. The zero-order chi connectivity index (χ0) is 8.55. The average Bonchev–Trinajstić information content (AvgIpc) is 2.64. The number of aliphatic hydroxyl groups is 1. The summed E-state index contributed by atoms with van der Waals surface area (Å²) in [4.78, 5) is 0. The molecule has 3 N–H and O–H groups in total. The molecule has 0 saturated heterocycles. The molecule has 0 radical (unpaired) electrons. The van der Waals surface area contributed by atoms with Crippen LogP contribution in [0.25, 0.3) is 0 Å². The molecular weight excluding hydrogens is 150 g/mol. The molecule has 2 rings (SSSR count). The summed E-state index contributed by atoms with van der Waals surface area (Å²) in [6, 6.07) is 0. The van der Waals surface area contributed by atoms with E-state index in [4.69, 9.17) is 5.73 Å². The van der Waals surface area contributed by atoms with Gasteiger partial charge < -0.3 is 10.8 Å². The highest BCUT2D eigenvalue weighted by Gasteiger charge is 2.42. The minimum absolute atomic E-state index is 0.106. The van der Waals surface area contributed by atoms with Crippen LogP contribution < -0.4 is 5.73 Å². The van der Waals surface area contributed by atoms with Crippen LogP contribution in [-0.4, -0.2) is 17.8 Å². The molecule has 2 aliphatic rings. The first-order valence-corrected chi connectivity index (χ1v) is 5.19. The Balaban J connectivity index is 1.89. The lowest BCUT2D eigenvalue weighted by atomic mass is 9.83. The summed E-state index contributed by atoms with van der Waals surface area (Å²) < 4.78 is 0. The Morgan fingerprint density at radius 1 is 1.33 bits per heavy atom. The predicted molar refractivity (Wildman–Crippen MR) is 48.6 cm³/mol. The molecule has 70 valence electrons. The van der Waals surface area contributed by atoms with Gasteiger partial charge in [0.15, 0.2) is 0 Å². The van der Waals surface area contributed by atoms with Gasteiger partial charge in [0.2, 0.25) is 0 Å². The number of nitrogens with two attached hydrogens (primary N) is 1. The summed E-state index contributed by atoms with van der Waals surface area (Å²) in [6.07, 6.45) is 6.12. The first-order valence-electron chi connectivity index (χ1n) is 5.19. The van der Waals surface area contributed by atoms with Crippen molar-refractivity contribution < 1.29 is 5.11 Å². The van der Waals surface area contributed by atoms with E-state index in [-0.39, 0.29) is 6.10 Å². The monoisotopic (exact) mass is 169 g/mol. The fourth-order valence-corrected chi connectivity index (χ4v) is 3.15. The first-order chi connectivity index (χ1) is 5.81. The summed E-state index contributed by atoms with van der Waals surface area (Å²) in [7, 11) is 0. The third kappa shape index (κ3) is 1.38. The van der Waals surface area contributed by atoms with E-state index in [9.17, 15) is 5.11 Å². The van der Waals surface area contributed by atoms with Crippen LogP contribution in [0.1, 0.15) is 32.1 Å². The van der Waals surface area contributed by atoms with Crippen molar-refractivity contribution in [1.82, 2.24) is 0 Å². The van der Waals surface area contributed by atoms with Crippen LogP contribution in [-0.2, 0) is 0 Å². The number of aliphatic hydroxyl groups excluding tert-OH is 1. The second-order valence-corrected chi connectivity index (χ2v) is 4.48. The van der Waals surface area contributed by atoms with E-state index in [0.29, 0.717) is 12.5 Å². The lowest BCUT2D eigenvalue weighted by molar-refractivity contribution is 0.0696. The van der Waals surface area contributed by atoms with Crippen molar-refractivity contribution in [3.63, 3.8) is 0 Å². The van der Waals surface area contributed by atoms with Gasteiger partial charge in [-0.25, -0.2) is 0 Å². The molecule has 4 atom stereocenters. The smallest absolute Gasteiger partial charge is 0.0583 e. The van der Waals surface area contributed by atoms with E-state index >= 15 is 0 Å². The maximum atomic E-state index is 9.79. The summed E-state index contributed by atoms with van der Waals surface area (Å²) >= 11 is 0. The third-order valence-electron chi connectivity index (χ3n) is 3.75. The molecule has 0 amide bonds. The predicted octanol–water partition coefficient (Wildman–Crippen LogP) is 1.13. The van der Waals surface area contributed by atoms with E-state index in [1.807, 2.05) is 0 Å². The van der Waals surface area contributed by atoms with E-state index < -0.39 is 0 Å². The third-order valence-corrected chi connectivity index (χ3v) is 3.75. The lowest BCUT2D eigenvalue weighted by Crippen LogP contribution is -2.27. The van der Waals surface area contributed by atoms with Gasteiger partial charge in [0, 0.05) is 0 Å². The molecule has 3 unspecified atom stereocenters. The summed E-state index contributed by atoms with van der Waals surface area (Å²) in [5, 5.41) is 9.79. The first kappa shape index (κ1) is 8.52. The highest BCUT2D eigenvalue weighted by atomic mass is 16.3. The minimum atomic E-state index is -0.106. The number of hydrogen-bond acceptors (Lipinski definition) is 2. The molecule has 2 nitrogen and oxygen atoms in total. The van der Waals surface area contributed by atoms with Crippen molar-refractivity contribution in [1.29, 1.82) is 0 Å². The van der Waals surface area contributed by atoms with Gasteiger partial charge >= 0.3 is 0 Å². The highest BCUT2D eigenvalue weighted by molar-refractivity contribution is 4.92. The second kappa shape index (κ2) is 3.35. The van der Waals surface area contributed by atoms with Crippen molar-refractivity contribution in [3.8, 4) is 0 Å². The van der Waals surface area contributed by atoms with E-state index in [1.54, 1.807) is 0 Å². The van der Waals surface area contributed by atoms with Crippen molar-refractivity contribution in [2.45, 2.75) is 38.2 Å². The SMILES string of the molecule is NCC[C@H](O)C1CC2CCC1C2. The Morgan fingerprint density at radius 3 is 2.67 bits per heavy atom. The topological polar surface area (TPSA) is 46.2 Å². The Morgan fingerprint density at radius 2 is 2.17 bits per heavy atom. The molecule has 2 heteroatoms. The molecule has 2 aliphatic carbocycles. The van der Waals surface area contributed by atoms with Crippen molar-refractivity contribution >= 4 is 0 Å². The Bertz CT molecular complexity index is 160. The molecule has 12 heavy (non-hydrogen) atoms. The summed E-state index contributed by atoms with van der Waals surface area (Å²) in [5.41, 5.74) is 5.44. The van der Waals surface area contributed by atoms with Crippen LogP contribution in [0.5, 0.6) is 0 Å². The van der Waals surface area contributed by atoms with Crippen molar-refractivity contribution in [2.24, 2.45) is 23.5 Å². The van der Waals surface area contributed by atoms with Crippen LogP contribution in [0.2, 0.25) is 0 Å². The minimum Gasteiger partial charge on any atom is -0.393 e. The van der Waals surface area contributed by atoms with Crippen molar-refractivity contribution in [2.75, 3.05) is 6.54 Å². The number of rotatable bonds is 3. The Kier molecular flexibility index (Phi) is 2.37. The fraction of sp³-hybridized carbons (Fsp3) is 1.00. The Labute approximate surface area is 74.1 Å². The molecule has 2 saturated carbocycles. The second-order valence-electron chi connectivity index (χ2n) is 4.48. The summed E-state index contributed by atoms with van der Waals surface area (Å²) in [5.74, 6) is 2.36. The van der Waals surface area contributed by atoms with Crippen LogP contribution in [0.4, 0.5) is 0 Å². The van der Waals surface area contributed by atoms with Gasteiger partial charge in [-0.1, -0.05) is 6.42 Å². The van der Waals surface area contributed by atoms with Gasteiger partial charge in [0.05, 0.1) is 6.10 Å². The molecule has 0 aromatic rings. The molecule has 0 spiro atoms. The largest absolute Gasteiger partial charge is 0.393 e. The van der Waals surface area contributed by atoms with Gasteiger partial charge in [-0.15, -0.1) is 0 Å². The van der Waals surface area contributed by atoms with E-state index in [2.05, 4.69) is 0 Å². The van der Waals surface area contributed by atoms with Gasteiger partial charge in [0.25, 0.3) is 0 Å². The van der Waals surface area contributed by atoms with E-state index in [1.165, 1.54) is 25.7 Å². The maximum absolute atomic E-state index is 9.79. The Hall–Kier alpha value is -0.0800. The van der Waals surface area contributed by atoms with Crippen LogP contribution in [0.15, 0.2) is 0 Å². The zero-order valence-corrected chi connectivity index (χ0v) is 7.58. The van der Waals surface area contributed by atoms with E-state index in [0.717, 1.165) is 18.3 Å². The van der Waals surface area contributed by atoms with Crippen LogP contribution >= 0.6 is 0 Å².